The van der Waals surface area contributed by atoms with Crippen LogP contribution in [0.25, 0.3) is 0 Å². The summed E-state index contributed by atoms with van der Waals surface area (Å²) in [7, 11) is -3.52. The second kappa shape index (κ2) is 13.5. The first-order valence-corrected chi connectivity index (χ1v) is 14.1. The van der Waals surface area contributed by atoms with E-state index >= 15 is 0 Å². The molecule has 9 heteroatoms. The van der Waals surface area contributed by atoms with Crippen molar-refractivity contribution in [2.75, 3.05) is 23.7 Å². The van der Waals surface area contributed by atoms with Crippen molar-refractivity contribution in [1.29, 1.82) is 0 Å². The molecule has 0 saturated heterocycles. The van der Waals surface area contributed by atoms with Crippen LogP contribution in [0.4, 0.5) is 5.69 Å². The topological polar surface area (TPSA) is 86.8 Å². The summed E-state index contributed by atoms with van der Waals surface area (Å²) in [4.78, 5) is 27.5. The number of hydrogen-bond donors (Lipinski definition) is 1. The Hall–Kier alpha value is -2.58. The summed E-state index contributed by atoms with van der Waals surface area (Å²) in [6.45, 7) is 6.53. The van der Waals surface area contributed by atoms with Crippen molar-refractivity contribution in [3.8, 4) is 0 Å². The molecular weight excluding hydrogens is 486 g/mol. The van der Waals surface area contributed by atoms with Crippen molar-refractivity contribution in [2.45, 2.75) is 59.0 Å². The maximum atomic E-state index is 13.3. The van der Waals surface area contributed by atoms with Gasteiger partial charge >= 0.3 is 0 Å². The van der Waals surface area contributed by atoms with Crippen LogP contribution < -0.4 is 9.62 Å². The number of rotatable bonds is 13. The summed E-state index contributed by atoms with van der Waals surface area (Å²) in [5.74, 6) is -0.461. The minimum atomic E-state index is -3.52. The van der Waals surface area contributed by atoms with Gasteiger partial charge in [0.2, 0.25) is 21.8 Å². The second-order valence-electron chi connectivity index (χ2n) is 8.71. The molecule has 192 valence electrons. The number of nitrogens with zero attached hydrogens (tertiary/aromatic N) is 2. The summed E-state index contributed by atoms with van der Waals surface area (Å²) in [6, 6.07) is 13.8. The molecule has 0 fully saturated rings. The minimum absolute atomic E-state index is 0.0921. The number of sulfonamides is 1. The number of halogens is 1. The van der Waals surface area contributed by atoms with Crippen LogP contribution in [0.5, 0.6) is 0 Å². The highest BCUT2D eigenvalue weighted by molar-refractivity contribution is 7.92. The molecule has 0 heterocycles. The monoisotopic (exact) mass is 521 g/mol. The number of hydrogen-bond acceptors (Lipinski definition) is 4. The molecule has 0 radical (unpaired) electrons. The summed E-state index contributed by atoms with van der Waals surface area (Å²) in [6.07, 6.45) is 3.37. The smallest absolute Gasteiger partial charge is 0.242 e. The van der Waals surface area contributed by atoms with Gasteiger partial charge in [0.05, 0.1) is 11.9 Å². The Bertz CT molecular complexity index is 1110. The molecule has 0 aliphatic rings. The lowest BCUT2D eigenvalue weighted by Gasteiger charge is -2.29. The van der Waals surface area contributed by atoms with Crippen molar-refractivity contribution >= 4 is 39.1 Å². The third kappa shape index (κ3) is 8.85. The first-order chi connectivity index (χ1) is 16.5. The molecule has 2 rings (SSSR count). The first kappa shape index (κ1) is 28.7. The molecule has 1 atom stereocenters. The zero-order valence-corrected chi connectivity index (χ0v) is 22.5. The molecule has 2 aromatic carbocycles. The molecule has 7 nitrogen and oxygen atoms in total. The van der Waals surface area contributed by atoms with E-state index in [1.807, 2.05) is 38.1 Å². The van der Waals surface area contributed by atoms with Gasteiger partial charge in [-0.3, -0.25) is 13.9 Å². The van der Waals surface area contributed by atoms with Crippen molar-refractivity contribution in [3.63, 3.8) is 0 Å². The molecule has 35 heavy (non-hydrogen) atoms. The highest BCUT2D eigenvalue weighted by atomic mass is 35.5. The summed E-state index contributed by atoms with van der Waals surface area (Å²) >= 11 is 6.32. The van der Waals surface area contributed by atoms with Gasteiger partial charge in [-0.1, -0.05) is 55.3 Å². The zero-order valence-electron chi connectivity index (χ0n) is 21.0. The van der Waals surface area contributed by atoms with E-state index in [0.717, 1.165) is 30.2 Å². The van der Waals surface area contributed by atoms with Gasteiger partial charge in [0.1, 0.15) is 6.04 Å². The molecule has 0 saturated carbocycles. The van der Waals surface area contributed by atoms with E-state index < -0.39 is 16.1 Å². The van der Waals surface area contributed by atoms with E-state index in [1.165, 1.54) is 9.21 Å². The number of benzene rings is 2. The molecule has 0 aliphatic carbocycles. The van der Waals surface area contributed by atoms with Gasteiger partial charge in [0, 0.05) is 31.1 Å². The fourth-order valence-electron chi connectivity index (χ4n) is 3.72. The van der Waals surface area contributed by atoms with E-state index in [1.54, 1.807) is 31.2 Å². The highest BCUT2D eigenvalue weighted by Crippen LogP contribution is 2.22. The van der Waals surface area contributed by atoms with Crippen LogP contribution in [-0.2, 0) is 26.2 Å². The third-order valence-corrected chi connectivity index (χ3v) is 7.30. The lowest BCUT2D eigenvalue weighted by atomic mass is 10.1. The standard InChI is InChI=1S/C26H36ClN3O4S/c1-5-6-16-28-26(32)21(3)29(19-22-12-7-8-14-24(22)27)25(31)15-10-17-30(35(4,33)34)23-13-9-11-20(2)18-23/h7-9,11-14,18,21H,5-6,10,15-17,19H2,1-4H3,(H,28,32). The average Bonchev–Trinajstić information content (AvgIpc) is 2.80. The fourth-order valence-corrected chi connectivity index (χ4v) is 4.87. The molecule has 0 bridgehead atoms. The van der Waals surface area contributed by atoms with Crippen molar-refractivity contribution < 1.29 is 18.0 Å². The molecule has 1 unspecified atom stereocenters. The number of anilines is 1. The average molecular weight is 522 g/mol. The predicted molar refractivity (Wildman–Crippen MR) is 142 cm³/mol. The van der Waals surface area contributed by atoms with Gasteiger partial charge in [0.25, 0.3) is 0 Å². The lowest BCUT2D eigenvalue weighted by Crippen LogP contribution is -2.48. The summed E-state index contributed by atoms with van der Waals surface area (Å²) < 4.78 is 26.1. The number of aryl methyl sites for hydroxylation is 1. The number of amides is 2. The Morgan fingerprint density at radius 3 is 2.43 bits per heavy atom. The molecule has 1 N–H and O–H groups in total. The maximum Gasteiger partial charge on any atom is 0.242 e. The van der Waals surface area contributed by atoms with Crippen LogP contribution in [0, 0.1) is 6.92 Å². The number of carbonyl (C=O) groups excluding carboxylic acids is 2. The van der Waals surface area contributed by atoms with E-state index in [9.17, 15) is 18.0 Å². The van der Waals surface area contributed by atoms with E-state index in [0.29, 0.717) is 23.7 Å². The molecule has 2 amide bonds. The Labute approximate surface area is 214 Å². The van der Waals surface area contributed by atoms with E-state index in [2.05, 4.69) is 5.32 Å². The third-order valence-electron chi connectivity index (χ3n) is 5.74. The molecule has 0 spiro atoms. The predicted octanol–water partition coefficient (Wildman–Crippen LogP) is 4.53. The van der Waals surface area contributed by atoms with Gasteiger partial charge in [0.15, 0.2) is 0 Å². The quantitative estimate of drug-likeness (QED) is 0.392. The van der Waals surface area contributed by atoms with Gasteiger partial charge in [-0.2, -0.15) is 0 Å². The van der Waals surface area contributed by atoms with Crippen molar-refractivity contribution in [3.05, 3.63) is 64.7 Å². The minimum Gasteiger partial charge on any atom is -0.354 e. The SMILES string of the molecule is CCCCNC(=O)C(C)N(Cc1ccccc1Cl)C(=O)CCCN(c1cccc(C)c1)S(C)(=O)=O. The van der Waals surface area contributed by atoms with Gasteiger partial charge in [-0.25, -0.2) is 8.42 Å². The molecular formula is C26H36ClN3O4S. The normalized spacial score (nSPS) is 12.1. The Morgan fingerprint density at radius 1 is 1.09 bits per heavy atom. The van der Waals surface area contributed by atoms with Crippen LogP contribution in [0.15, 0.2) is 48.5 Å². The van der Waals surface area contributed by atoms with Crippen LogP contribution >= 0.6 is 11.6 Å². The Balaban J connectivity index is 2.15. The fraction of sp³-hybridized carbons (Fsp3) is 0.462. The van der Waals surface area contributed by atoms with Gasteiger partial charge in [-0.05, 0) is 56.0 Å². The maximum absolute atomic E-state index is 13.3. The summed E-state index contributed by atoms with van der Waals surface area (Å²) in [5, 5.41) is 3.41. The largest absolute Gasteiger partial charge is 0.354 e. The molecule has 0 aromatic heterocycles. The first-order valence-electron chi connectivity index (χ1n) is 11.9. The molecule has 2 aromatic rings. The number of carbonyl (C=O) groups is 2. The van der Waals surface area contributed by atoms with Crippen LogP contribution in [0.3, 0.4) is 0 Å². The number of nitrogens with one attached hydrogen (secondary N) is 1. The van der Waals surface area contributed by atoms with Crippen molar-refractivity contribution in [1.82, 2.24) is 10.2 Å². The van der Waals surface area contributed by atoms with E-state index in [4.69, 9.17) is 11.6 Å². The van der Waals surface area contributed by atoms with Crippen LogP contribution in [-0.4, -0.2) is 50.5 Å². The zero-order chi connectivity index (χ0) is 26.0. The second-order valence-corrected chi connectivity index (χ2v) is 11.0. The number of unbranched alkanes of at least 4 members (excludes halogenated alkanes) is 1. The summed E-state index contributed by atoms with van der Waals surface area (Å²) in [5.41, 5.74) is 2.26. The van der Waals surface area contributed by atoms with Crippen LogP contribution in [0.1, 0.15) is 50.7 Å². The Kier molecular flexibility index (Phi) is 11.0. The molecule has 0 aliphatic heterocycles. The van der Waals surface area contributed by atoms with Gasteiger partial charge in [-0.15, -0.1) is 0 Å². The van der Waals surface area contributed by atoms with Gasteiger partial charge < -0.3 is 10.2 Å². The lowest BCUT2D eigenvalue weighted by molar-refractivity contribution is -0.140. The highest BCUT2D eigenvalue weighted by Gasteiger charge is 2.27. The van der Waals surface area contributed by atoms with E-state index in [-0.39, 0.29) is 31.3 Å². The Morgan fingerprint density at radius 2 is 1.80 bits per heavy atom. The van der Waals surface area contributed by atoms with Crippen LogP contribution in [0.2, 0.25) is 5.02 Å². The van der Waals surface area contributed by atoms with Crippen molar-refractivity contribution in [2.24, 2.45) is 0 Å².